The Morgan fingerprint density at radius 2 is 2.10 bits per heavy atom. The number of benzene rings is 1. The van der Waals surface area contributed by atoms with Crippen LogP contribution in [-0.4, -0.2) is 48.6 Å². The zero-order valence-electron chi connectivity index (χ0n) is 12.6. The number of nitrogens with two attached hydrogens (primary N) is 1. The van der Waals surface area contributed by atoms with Gasteiger partial charge in [-0.3, -0.25) is 9.80 Å². The Kier molecular flexibility index (Phi) is 4.39. The van der Waals surface area contributed by atoms with Crippen molar-refractivity contribution in [2.24, 2.45) is 5.73 Å². The van der Waals surface area contributed by atoms with E-state index in [0.29, 0.717) is 6.04 Å². The lowest BCUT2D eigenvalue weighted by Crippen LogP contribution is -2.40. The van der Waals surface area contributed by atoms with Crippen LogP contribution in [0.1, 0.15) is 36.4 Å². The zero-order chi connectivity index (χ0) is 13.9. The highest BCUT2D eigenvalue weighted by molar-refractivity contribution is 5.25. The van der Waals surface area contributed by atoms with Crippen LogP contribution in [0.15, 0.2) is 24.3 Å². The summed E-state index contributed by atoms with van der Waals surface area (Å²) in [6.07, 6.45) is 4.01. The quantitative estimate of drug-likeness (QED) is 0.916. The number of rotatable bonds is 3. The van der Waals surface area contributed by atoms with Crippen LogP contribution in [0.5, 0.6) is 0 Å². The third kappa shape index (κ3) is 2.90. The molecule has 1 aromatic carbocycles. The Hall–Kier alpha value is -0.900. The monoisotopic (exact) mass is 273 g/mol. The van der Waals surface area contributed by atoms with Crippen molar-refractivity contribution >= 4 is 0 Å². The van der Waals surface area contributed by atoms with Gasteiger partial charge in [0.25, 0.3) is 0 Å². The van der Waals surface area contributed by atoms with E-state index in [4.69, 9.17) is 5.73 Å². The van der Waals surface area contributed by atoms with Gasteiger partial charge in [0.1, 0.15) is 0 Å². The Balaban J connectivity index is 1.78. The molecule has 0 bridgehead atoms. The molecule has 20 heavy (non-hydrogen) atoms. The minimum absolute atomic E-state index is 0.385. The molecule has 2 heterocycles. The maximum atomic E-state index is 6.12. The van der Waals surface area contributed by atoms with E-state index < -0.39 is 0 Å². The third-order valence-corrected chi connectivity index (χ3v) is 4.93. The van der Waals surface area contributed by atoms with Crippen LogP contribution >= 0.6 is 0 Å². The fraction of sp³-hybridized carbons (Fsp3) is 0.647. The third-order valence-electron chi connectivity index (χ3n) is 4.93. The number of hydrogen-bond donors (Lipinski definition) is 1. The molecule has 2 unspecified atom stereocenters. The first kappa shape index (κ1) is 14.1. The first-order chi connectivity index (χ1) is 9.78. The lowest BCUT2D eigenvalue weighted by atomic mass is 10.0. The van der Waals surface area contributed by atoms with Crippen molar-refractivity contribution in [3.63, 3.8) is 0 Å². The van der Waals surface area contributed by atoms with Crippen LogP contribution in [0.4, 0.5) is 0 Å². The minimum Gasteiger partial charge on any atom is -0.329 e. The fourth-order valence-corrected chi connectivity index (χ4v) is 3.89. The van der Waals surface area contributed by atoms with Crippen LogP contribution < -0.4 is 5.73 Å². The summed E-state index contributed by atoms with van der Waals surface area (Å²) in [7, 11) is 0. The molecule has 1 aromatic rings. The molecular formula is C17H27N3. The molecule has 2 fully saturated rings. The summed E-state index contributed by atoms with van der Waals surface area (Å²) in [5, 5.41) is 0. The van der Waals surface area contributed by atoms with Gasteiger partial charge in [-0.2, -0.15) is 0 Å². The van der Waals surface area contributed by atoms with Crippen LogP contribution in [0.2, 0.25) is 0 Å². The molecule has 3 nitrogen and oxygen atoms in total. The van der Waals surface area contributed by atoms with E-state index in [0.717, 1.165) is 12.6 Å². The van der Waals surface area contributed by atoms with Gasteiger partial charge in [-0.05, 0) is 44.8 Å². The average molecular weight is 273 g/mol. The van der Waals surface area contributed by atoms with Crippen molar-refractivity contribution in [3.05, 3.63) is 35.4 Å². The average Bonchev–Trinajstić information content (AvgIpc) is 2.78. The number of aryl methyl sites for hydroxylation is 1. The molecule has 0 aliphatic carbocycles. The summed E-state index contributed by atoms with van der Waals surface area (Å²) in [5.41, 5.74) is 8.84. The SMILES string of the molecule is Cc1cccc(C(CN)N2CCCN3CCCC3C2)c1. The van der Waals surface area contributed by atoms with Gasteiger partial charge in [0, 0.05) is 31.7 Å². The van der Waals surface area contributed by atoms with Crippen molar-refractivity contribution < 1.29 is 0 Å². The predicted octanol–water partition coefficient (Wildman–Crippen LogP) is 2.16. The Morgan fingerprint density at radius 3 is 2.90 bits per heavy atom. The minimum atomic E-state index is 0.385. The van der Waals surface area contributed by atoms with E-state index in [1.807, 2.05) is 0 Å². The smallest absolute Gasteiger partial charge is 0.0471 e. The van der Waals surface area contributed by atoms with Crippen molar-refractivity contribution in [2.45, 2.75) is 38.3 Å². The lowest BCUT2D eigenvalue weighted by molar-refractivity contribution is 0.176. The molecule has 0 amide bonds. The molecular weight excluding hydrogens is 246 g/mol. The molecule has 2 aliphatic rings. The highest BCUT2D eigenvalue weighted by atomic mass is 15.3. The molecule has 110 valence electrons. The number of nitrogens with zero attached hydrogens (tertiary/aromatic N) is 2. The molecule has 3 rings (SSSR count). The summed E-state index contributed by atoms with van der Waals surface area (Å²) in [6.45, 7) is 7.83. The van der Waals surface area contributed by atoms with Crippen LogP contribution in [-0.2, 0) is 0 Å². The molecule has 0 aromatic heterocycles. The van der Waals surface area contributed by atoms with Gasteiger partial charge < -0.3 is 5.73 Å². The van der Waals surface area contributed by atoms with Gasteiger partial charge >= 0.3 is 0 Å². The maximum absolute atomic E-state index is 6.12. The molecule has 0 saturated carbocycles. The first-order valence-corrected chi connectivity index (χ1v) is 8.02. The number of hydrogen-bond acceptors (Lipinski definition) is 3. The predicted molar refractivity (Wildman–Crippen MR) is 83.8 cm³/mol. The first-order valence-electron chi connectivity index (χ1n) is 8.02. The summed E-state index contributed by atoms with van der Waals surface area (Å²) in [6, 6.07) is 10.0. The Labute approximate surface area is 122 Å². The maximum Gasteiger partial charge on any atom is 0.0471 e. The summed E-state index contributed by atoms with van der Waals surface area (Å²) in [4.78, 5) is 5.31. The van der Waals surface area contributed by atoms with Gasteiger partial charge in [-0.15, -0.1) is 0 Å². The highest BCUT2D eigenvalue weighted by Gasteiger charge is 2.31. The van der Waals surface area contributed by atoms with Crippen molar-refractivity contribution in [2.75, 3.05) is 32.7 Å². The van der Waals surface area contributed by atoms with Crippen molar-refractivity contribution in [1.29, 1.82) is 0 Å². The van der Waals surface area contributed by atoms with Gasteiger partial charge in [0.2, 0.25) is 0 Å². The molecule has 0 radical (unpaired) electrons. The van der Waals surface area contributed by atoms with Crippen LogP contribution in [0.25, 0.3) is 0 Å². The summed E-state index contributed by atoms with van der Waals surface area (Å²) >= 11 is 0. The normalized spacial score (nSPS) is 26.2. The Morgan fingerprint density at radius 1 is 1.25 bits per heavy atom. The van der Waals surface area contributed by atoms with E-state index in [9.17, 15) is 0 Å². The topological polar surface area (TPSA) is 32.5 Å². The molecule has 2 aliphatic heterocycles. The fourth-order valence-electron chi connectivity index (χ4n) is 3.89. The highest BCUT2D eigenvalue weighted by Crippen LogP contribution is 2.27. The second-order valence-corrected chi connectivity index (χ2v) is 6.35. The second kappa shape index (κ2) is 6.25. The molecule has 2 atom stereocenters. The van der Waals surface area contributed by atoms with E-state index in [1.165, 1.54) is 56.6 Å². The number of fused-ring (bicyclic) bond motifs is 1. The molecule has 2 N–H and O–H groups in total. The van der Waals surface area contributed by atoms with E-state index in [2.05, 4.69) is 41.0 Å². The summed E-state index contributed by atoms with van der Waals surface area (Å²) < 4.78 is 0. The van der Waals surface area contributed by atoms with E-state index >= 15 is 0 Å². The molecule has 2 saturated heterocycles. The largest absolute Gasteiger partial charge is 0.329 e. The van der Waals surface area contributed by atoms with Crippen molar-refractivity contribution in [1.82, 2.24) is 9.80 Å². The summed E-state index contributed by atoms with van der Waals surface area (Å²) in [5.74, 6) is 0. The lowest BCUT2D eigenvalue weighted by Gasteiger charge is -2.32. The van der Waals surface area contributed by atoms with Gasteiger partial charge in [0.05, 0.1) is 0 Å². The van der Waals surface area contributed by atoms with E-state index in [1.54, 1.807) is 0 Å². The second-order valence-electron chi connectivity index (χ2n) is 6.35. The molecule has 3 heteroatoms. The van der Waals surface area contributed by atoms with Crippen molar-refractivity contribution in [3.8, 4) is 0 Å². The van der Waals surface area contributed by atoms with Gasteiger partial charge in [-0.1, -0.05) is 29.8 Å². The van der Waals surface area contributed by atoms with Crippen LogP contribution in [0, 0.1) is 6.92 Å². The van der Waals surface area contributed by atoms with E-state index in [-0.39, 0.29) is 0 Å². The van der Waals surface area contributed by atoms with Gasteiger partial charge in [-0.25, -0.2) is 0 Å². The zero-order valence-corrected chi connectivity index (χ0v) is 12.6. The standard InChI is InChI=1S/C17H27N3/c1-14-5-2-6-15(11-14)17(12-18)20-10-4-9-19-8-3-7-16(19)13-20/h2,5-6,11,16-17H,3-4,7-10,12-13,18H2,1H3. The van der Waals surface area contributed by atoms with Gasteiger partial charge in [0.15, 0.2) is 0 Å². The molecule has 0 spiro atoms. The Bertz CT molecular complexity index is 446. The van der Waals surface area contributed by atoms with Crippen LogP contribution in [0.3, 0.4) is 0 Å².